The highest BCUT2D eigenvalue weighted by Crippen LogP contribution is 2.33. The summed E-state index contributed by atoms with van der Waals surface area (Å²) in [5.41, 5.74) is 1.85. The van der Waals surface area contributed by atoms with Crippen LogP contribution < -0.4 is 9.84 Å². The van der Waals surface area contributed by atoms with Gasteiger partial charge in [0.15, 0.2) is 0 Å². The third-order valence-electron chi connectivity index (χ3n) is 3.63. The van der Waals surface area contributed by atoms with Gasteiger partial charge in [0.05, 0.1) is 10.2 Å². The van der Waals surface area contributed by atoms with Gasteiger partial charge in [0.1, 0.15) is 10.8 Å². The van der Waals surface area contributed by atoms with E-state index in [-0.39, 0.29) is 18.6 Å². The van der Waals surface area contributed by atoms with Crippen LogP contribution in [-0.2, 0) is 4.79 Å². The van der Waals surface area contributed by atoms with Crippen molar-refractivity contribution >= 4 is 39.2 Å². The molecule has 2 aromatic carbocycles. The van der Waals surface area contributed by atoms with Crippen molar-refractivity contribution in [2.45, 2.75) is 19.5 Å². The number of aromatic nitrogens is 1. The van der Waals surface area contributed by atoms with Crippen LogP contribution in [0.1, 0.15) is 23.4 Å². The number of carbonyl (C=O) groups is 1. The van der Waals surface area contributed by atoms with Crippen LogP contribution in [-0.4, -0.2) is 17.6 Å². The number of allylic oxidation sites excluding steroid dienone is 1. The lowest BCUT2D eigenvalue weighted by molar-refractivity contribution is -0.305. The zero-order valence-electron chi connectivity index (χ0n) is 13.5. The third-order valence-corrected chi connectivity index (χ3v) is 4.74. The van der Waals surface area contributed by atoms with Crippen molar-refractivity contribution in [3.05, 3.63) is 59.1 Å². The number of fused-ring (bicyclic) bond motifs is 1. The van der Waals surface area contributed by atoms with Gasteiger partial charge in [-0.3, -0.25) is 0 Å². The van der Waals surface area contributed by atoms with Crippen LogP contribution in [0.5, 0.6) is 5.75 Å². The minimum Gasteiger partial charge on any atom is -0.550 e. The summed E-state index contributed by atoms with van der Waals surface area (Å²) in [7, 11) is 0. The predicted octanol–water partition coefficient (Wildman–Crippen LogP) is 3.97. The number of aliphatic carboxylic acids is 1. The molecule has 0 aliphatic rings. The first-order valence-corrected chi connectivity index (χ1v) is 8.65. The van der Waals surface area contributed by atoms with Crippen molar-refractivity contribution in [2.24, 2.45) is 0 Å². The van der Waals surface area contributed by atoms with Gasteiger partial charge in [-0.15, -0.1) is 11.3 Å². The molecule has 3 aromatic rings. The van der Waals surface area contributed by atoms with Gasteiger partial charge in [-0.25, -0.2) is 4.98 Å². The highest BCUT2D eigenvalue weighted by molar-refractivity contribution is 7.19. The van der Waals surface area contributed by atoms with E-state index in [2.05, 4.69) is 9.72 Å². The fourth-order valence-electron chi connectivity index (χ4n) is 2.48. The van der Waals surface area contributed by atoms with E-state index in [1.807, 2.05) is 24.3 Å². The van der Waals surface area contributed by atoms with E-state index in [1.54, 1.807) is 24.3 Å². The van der Waals surface area contributed by atoms with Crippen LogP contribution in [0.2, 0.25) is 0 Å². The monoisotopic (exact) mass is 374 g/mol. The molecular weight excluding hydrogens is 360 g/mol. The number of rotatable bonds is 7. The number of benzene rings is 2. The predicted molar refractivity (Wildman–Crippen MR) is 94.8 cm³/mol. The van der Waals surface area contributed by atoms with E-state index >= 15 is 0 Å². The SMILES string of the molecule is O=C([O-])CC/C(=C\c1ccccc1OC(F)F)c1nc2ccccc2s1. The largest absolute Gasteiger partial charge is 0.550 e. The van der Waals surface area contributed by atoms with Crippen molar-refractivity contribution in [1.82, 2.24) is 4.98 Å². The molecule has 0 radical (unpaired) electrons. The molecule has 1 aromatic heterocycles. The number of halogens is 2. The molecule has 0 unspecified atom stereocenters. The average molecular weight is 374 g/mol. The van der Waals surface area contributed by atoms with Gasteiger partial charge in [-0.05, 0) is 42.7 Å². The van der Waals surface area contributed by atoms with Gasteiger partial charge in [-0.1, -0.05) is 30.3 Å². The summed E-state index contributed by atoms with van der Waals surface area (Å²) in [6.07, 6.45) is 1.61. The average Bonchev–Trinajstić information content (AvgIpc) is 3.03. The molecule has 0 saturated carbocycles. The Morgan fingerprint density at radius 2 is 1.88 bits per heavy atom. The molecule has 134 valence electrons. The molecule has 0 atom stereocenters. The lowest BCUT2D eigenvalue weighted by Gasteiger charge is -2.10. The third kappa shape index (κ3) is 4.43. The molecule has 1 heterocycles. The van der Waals surface area contributed by atoms with Crippen molar-refractivity contribution in [3.63, 3.8) is 0 Å². The minimum atomic E-state index is -2.95. The molecule has 0 amide bonds. The molecular formula is C19H14F2NO3S-. The number of alkyl halides is 2. The molecule has 0 spiro atoms. The number of hydrogen-bond donors (Lipinski definition) is 0. The second kappa shape index (κ2) is 8.05. The zero-order chi connectivity index (χ0) is 18.5. The van der Waals surface area contributed by atoms with Crippen molar-refractivity contribution in [2.75, 3.05) is 0 Å². The smallest absolute Gasteiger partial charge is 0.387 e. The highest BCUT2D eigenvalue weighted by atomic mass is 32.1. The fraction of sp³-hybridized carbons (Fsp3) is 0.158. The standard InChI is InChI=1S/C19H15F2NO3S/c20-19(21)25-15-7-3-1-5-12(15)11-13(9-10-17(23)24)18-22-14-6-2-4-8-16(14)26-18/h1-8,11,19H,9-10H2,(H,23,24)/p-1/b13-11+. The summed E-state index contributed by atoms with van der Waals surface area (Å²) in [6.45, 7) is -2.95. The normalized spacial score (nSPS) is 11.9. The number of carboxylic acid groups (broad SMARTS) is 1. The summed E-state index contributed by atoms with van der Waals surface area (Å²) in [5.74, 6) is -1.16. The minimum absolute atomic E-state index is 0.0227. The molecule has 0 fully saturated rings. The number of ether oxygens (including phenoxy) is 1. The van der Waals surface area contributed by atoms with Crippen LogP contribution >= 0.6 is 11.3 Å². The zero-order valence-corrected chi connectivity index (χ0v) is 14.3. The number of para-hydroxylation sites is 2. The maximum absolute atomic E-state index is 12.6. The van der Waals surface area contributed by atoms with Crippen LogP contribution in [0.25, 0.3) is 21.9 Å². The molecule has 7 heteroatoms. The highest BCUT2D eigenvalue weighted by Gasteiger charge is 2.12. The van der Waals surface area contributed by atoms with E-state index in [9.17, 15) is 18.7 Å². The number of hydrogen-bond acceptors (Lipinski definition) is 5. The first-order valence-electron chi connectivity index (χ1n) is 7.83. The van der Waals surface area contributed by atoms with Crippen molar-refractivity contribution in [1.29, 1.82) is 0 Å². The molecule has 3 rings (SSSR count). The molecule has 0 saturated heterocycles. The summed E-state index contributed by atoms with van der Waals surface area (Å²) in [6, 6.07) is 13.9. The van der Waals surface area contributed by atoms with Gasteiger partial charge in [0, 0.05) is 11.5 Å². The second-order valence-corrected chi connectivity index (χ2v) is 6.48. The van der Waals surface area contributed by atoms with E-state index in [1.165, 1.54) is 17.4 Å². The maximum Gasteiger partial charge on any atom is 0.387 e. The molecule has 0 aliphatic heterocycles. The van der Waals surface area contributed by atoms with Gasteiger partial charge < -0.3 is 14.6 Å². The van der Waals surface area contributed by atoms with Gasteiger partial charge in [0.2, 0.25) is 0 Å². The number of nitrogens with zero attached hydrogens (tertiary/aromatic N) is 1. The molecule has 0 aliphatic carbocycles. The van der Waals surface area contributed by atoms with Crippen LogP contribution in [0, 0.1) is 0 Å². The lowest BCUT2D eigenvalue weighted by Crippen LogP contribution is -2.21. The first-order chi connectivity index (χ1) is 12.5. The topological polar surface area (TPSA) is 62.2 Å². The second-order valence-electron chi connectivity index (χ2n) is 5.44. The Hall–Kier alpha value is -2.80. The van der Waals surface area contributed by atoms with Crippen LogP contribution in [0.4, 0.5) is 8.78 Å². The van der Waals surface area contributed by atoms with E-state index in [4.69, 9.17) is 0 Å². The summed E-state index contributed by atoms with van der Waals surface area (Å²) in [5, 5.41) is 11.5. The lowest BCUT2D eigenvalue weighted by atomic mass is 10.1. The van der Waals surface area contributed by atoms with Crippen molar-refractivity contribution < 1.29 is 23.4 Å². The number of thiazole rings is 1. The van der Waals surface area contributed by atoms with E-state index in [0.29, 0.717) is 16.1 Å². The summed E-state index contributed by atoms with van der Waals surface area (Å²) in [4.78, 5) is 15.4. The molecule has 0 N–H and O–H groups in total. The summed E-state index contributed by atoms with van der Waals surface area (Å²) < 4.78 is 30.7. The summed E-state index contributed by atoms with van der Waals surface area (Å²) >= 11 is 1.41. The maximum atomic E-state index is 12.6. The Morgan fingerprint density at radius 1 is 1.15 bits per heavy atom. The first kappa shape index (κ1) is 18.0. The van der Waals surface area contributed by atoms with Crippen LogP contribution in [0.3, 0.4) is 0 Å². The van der Waals surface area contributed by atoms with Gasteiger partial charge >= 0.3 is 6.61 Å². The Labute approximate surface area is 152 Å². The molecule has 4 nitrogen and oxygen atoms in total. The van der Waals surface area contributed by atoms with Gasteiger partial charge in [0.25, 0.3) is 0 Å². The number of carbonyl (C=O) groups excluding carboxylic acids is 1. The Balaban J connectivity index is 2.03. The number of carboxylic acids is 1. The Kier molecular flexibility index (Phi) is 5.58. The van der Waals surface area contributed by atoms with E-state index < -0.39 is 12.6 Å². The van der Waals surface area contributed by atoms with Crippen molar-refractivity contribution in [3.8, 4) is 5.75 Å². The Morgan fingerprint density at radius 3 is 2.62 bits per heavy atom. The molecule has 0 bridgehead atoms. The quantitative estimate of drug-likeness (QED) is 0.628. The fourth-order valence-corrected chi connectivity index (χ4v) is 3.49. The van der Waals surface area contributed by atoms with Gasteiger partial charge in [-0.2, -0.15) is 8.78 Å². The van der Waals surface area contributed by atoms with E-state index in [0.717, 1.165) is 10.2 Å². The van der Waals surface area contributed by atoms with Crippen LogP contribution in [0.15, 0.2) is 48.5 Å². The molecule has 26 heavy (non-hydrogen) atoms. The Bertz CT molecular complexity index is 920.